The van der Waals surface area contributed by atoms with Crippen molar-refractivity contribution in [2.45, 2.75) is 17.4 Å². The molecular weight excluding hydrogens is 458 g/mol. The summed E-state index contributed by atoms with van der Waals surface area (Å²) in [6, 6.07) is 16.5. The second kappa shape index (κ2) is 9.24. The number of rotatable bonds is 7. The molecule has 0 unspecified atom stereocenters. The second-order valence-corrected chi connectivity index (χ2v) is 9.22. The summed E-state index contributed by atoms with van der Waals surface area (Å²) in [7, 11) is 0.817. The Morgan fingerprint density at radius 1 is 0.971 bits per heavy atom. The van der Waals surface area contributed by atoms with E-state index in [2.05, 4.69) is 0 Å². The molecule has 10 heteroatoms. The average molecular weight is 484 g/mol. The first kappa shape index (κ1) is 23.4. The van der Waals surface area contributed by atoms with E-state index < -0.39 is 10.0 Å². The average Bonchev–Trinajstić information content (AvgIpc) is 3.28. The van der Waals surface area contributed by atoms with Crippen LogP contribution in [0.25, 0.3) is 0 Å². The van der Waals surface area contributed by atoms with E-state index in [-0.39, 0.29) is 16.7 Å². The topological polar surface area (TPSA) is 124 Å². The Morgan fingerprint density at radius 3 is 2.15 bits per heavy atom. The molecule has 3 aromatic rings. The number of phenols is 1. The van der Waals surface area contributed by atoms with Gasteiger partial charge >= 0.3 is 0 Å². The van der Waals surface area contributed by atoms with Crippen molar-refractivity contribution in [1.82, 2.24) is 0 Å². The van der Waals surface area contributed by atoms with Gasteiger partial charge in [-0.2, -0.15) is 5.10 Å². The SMILES string of the molecule is COc1cc([C@@H]2CC(c3cccc(O)c3)=NN2c2ccc(S(N)(=O)=O)cc2)cc(OC)c1OC. The van der Waals surface area contributed by atoms with Crippen LogP contribution in [-0.4, -0.2) is 40.6 Å². The van der Waals surface area contributed by atoms with Crippen LogP contribution < -0.4 is 24.4 Å². The number of hydrogen-bond acceptors (Lipinski definition) is 8. The third kappa shape index (κ3) is 4.50. The van der Waals surface area contributed by atoms with Crippen molar-refractivity contribution >= 4 is 21.4 Å². The van der Waals surface area contributed by atoms with Gasteiger partial charge in [-0.15, -0.1) is 0 Å². The predicted molar refractivity (Wildman–Crippen MR) is 128 cm³/mol. The number of hydrogen-bond donors (Lipinski definition) is 2. The number of primary sulfonamides is 1. The van der Waals surface area contributed by atoms with Crippen LogP contribution in [0.2, 0.25) is 0 Å². The lowest BCUT2D eigenvalue weighted by molar-refractivity contribution is 0.323. The summed E-state index contributed by atoms with van der Waals surface area (Å²) in [6.45, 7) is 0. The molecule has 4 rings (SSSR count). The molecule has 3 aromatic carbocycles. The molecule has 1 aliphatic rings. The van der Waals surface area contributed by atoms with E-state index in [9.17, 15) is 13.5 Å². The number of methoxy groups -OCH3 is 3. The fourth-order valence-corrected chi connectivity index (χ4v) is 4.47. The molecule has 0 amide bonds. The first-order chi connectivity index (χ1) is 16.2. The number of benzene rings is 3. The van der Waals surface area contributed by atoms with Crippen molar-refractivity contribution < 1.29 is 27.7 Å². The molecule has 0 bridgehead atoms. The Hall–Kier alpha value is -3.76. The maximum atomic E-state index is 11.7. The van der Waals surface area contributed by atoms with Gasteiger partial charge in [0.05, 0.1) is 43.7 Å². The fraction of sp³-hybridized carbons (Fsp3) is 0.208. The van der Waals surface area contributed by atoms with Gasteiger partial charge in [-0.25, -0.2) is 13.6 Å². The van der Waals surface area contributed by atoms with Gasteiger partial charge in [0.25, 0.3) is 0 Å². The Labute approximate surface area is 198 Å². The van der Waals surface area contributed by atoms with Crippen molar-refractivity contribution in [3.05, 3.63) is 71.8 Å². The summed E-state index contributed by atoms with van der Waals surface area (Å²) in [5.74, 6) is 1.63. The zero-order valence-corrected chi connectivity index (χ0v) is 19.7. The standard InChI is InChI=1S/C24H25N3O6S/c1-31-22-12-16(13-23(32-2)24(22)33-3)21-14-20(15-5-4-6-18(28)11-15)26-27(21)17-7-9-19(10-8-17)34(25,29)30/h4-13,21,28H,14H2,1-3H3,(H2,25,29,30)/t21-/m0/s1. The molecule has 1 atom stereocenters. The van der Waals surface area contributed by atoms with Gasteiger partial charge in [-0.1, -0.05) is 12.1 Å². The van der Waals surface area contributed by atoms with E-state index in [1.807, 2.05) is 18.2 Å². The minimum atomic E-state index is -3.82. The van der Waals surface area contributed by atoms with E-state index >= 15 is 0 Å². The Kier molecular flexibility index (Phi) is 6.36. The van der Waals surface area contributed by atoms with Crippen LogP contribution in [0.1, 0.15) is 23.6 Å². The lowest BCUT2D eigenvalue weighted by Crippen LogP contribution is -2.19. The van der Waals surface area contributed by atoms with Crippen molar-refractivity contribution in [2.75, 3.05) is 26.3 Å². The van der Waals surface area contributed by atoms with Crippen LogP contribution in [-0.2, 0) is 10.0 Å². The van der Waals surface area contributed by atoms with Crippen LogP contribution in [0, 0.1) is 0 Å². The highest BCUT2D eigenvalue weighted by Gasteiger charge is 2.32. The first-order valence-corrected chi connectivity index (χ1v) is 11.9. The summed E-state index contributed by atoms with van der Waals surface area (Å²) in [4.78, 5) is 0.0111. The summed E-state index contributed by atoms with van der Waals surface area (Å²) in [5, 5.41) is 21.8. The number of ether oxygens (including phenoxy) is 3. The molecule has 178 valence electrons. The summed E-state index contributed by atoms with van der Waals surface area (Å²) < 4.78 is 39.9. The van der Waals surface area contributed by atoms with E-state index in [1.54, 1.807) is 49.6 Å². The van der Waals surface area contributed by atoms with E-state index in [0.29, 0.717) is 29.4 Å². The van der Waals surface area contributed by atoms with E-state index in [1.165, 1.54) is 19.2 Å². The summed E-state index contributed by atoms with van der Waals surface area (Å²) in [6.07, 6.45) is 0.513. The molecule has 0 fully saturated rings. The third-order valence-electron chi connectivity index (χ3n) is 5.59. The van der Waals surface area contributed by atoms with Gasteiger partial charge < -0.3 is 19.3 Å². The van der Waals surface area contributed by atoms with Gasteiger partial charge in [0, 0.05) is 12.0 Å². The van der Waals surface area contributed by atoms with Crippen LogP contribution >= 0.6 is 0 Å². The highest BCUT2D eigenvalue weighted by atomic mass is 32.2. The molecule has 0 saturated heterocycles. The maximum Gasteiger partial charge on any atom is 0.238 e. The lowest BCUT2D eigenvalue weighted by atomic mass is 9.97. The Balaban J connectivity index is 1.82. The number of aromatic hydroxyl groups is 1. The van der Waals surface area contributed by atoms with Crippen molar-refractivity contribution in [3.8, 4) is 23.0 Å². The molecule has 0 aromatic heterocycles. The Morgan fingerprint density at radius 2 is 1.62 bits per heavy atom. The number of hydrazone groups is 1. The van der Waals surface area contributed by atoms with Gasteiger partial charge in [0.15, 0.2) is 11.5 Å². The van der Waals surface area contributed by atoms with E-state index in [0.717, 1.165) is 16.8 Å². The smallest absolute Gasteiger partial charge is 0.238 e. The molecule has 0 aliphatic carbocycles. The van der Waals surface area contributed by atoms with Crippen molar-refractivity contribution in [3.63, 3.8) is 0 Å². The second-order valence-electron chi connectivity index (χ2n) is 7.66. The molecule has 1 heterocycles. The molecule has 0 spiro atoms. The molecule has 0 saturated carbocycles. The van der Waals surface area contributed by atoms with Gasteiger partial charge in [0.2, 0.25) is 15.8 Å². The zero-order chi connectivity index (χ0) is 24.5. The number of nitrogens with zero attached hydrogens (tertiary/aromatic N) is 2. The summed E-state index contributed by atoms with van der Waals surface area (Å²) >= 11 is 0. The largest absolute Gasteiger partial charge is 0.508 e. The zero-order valence-electron chi connectivity index (χ0n) is 18.9. The molecule has 34 heavy (non-hydrogen) atoms. The van der Waals surface area contributed by atoms with Crippen LogP contribution in [0.3, 0.4) is 0 Å². The van der Waals surface area contributed by atoms with Crippen LogP contribution in [0.4, 0.5) is 5.69 Å². The fourth-order valence-electron chi connectivity index (χ4n) is 3.95. The highest BCUT2D eigenvalue weighted by molar-refractivity contribution is 7.89. The number of anilines is 1. The van der Waals surface area contributed by atoms with E-state index in [4.69, 9.17) is 24.5 Å². The predicted octanol–water partition coefficient (Wildman–Crippen LogP) is 3.42. The first-order valence-electron chi connectivity index (χ1n) is 10.3. The quantitative estimate of drug-likeness (QED) is 0.528. The van der Waals surface area contributed by atoms with Crippen molar-refractivity contribution in [1.29, 1.82) is 0 Å². The van der Waals surface area contributed by atoms with Gasteiger partial charge in [-0.3, -0.25) is 5.01 Å². The van der Waals surface area contributed by atoms with Crippen LogP contribution in [0.15, 0.2) is 70.7 Å². The monoisotopic (exact) mass is 483 g/mol. The summed E-state index contributed by atoms with van der Waals surface area (Å²) in [5.41, 5.74) is 3.05. The number of phenolic OH excluding ortho intramolecular Hbond substituents is 1. The minimum absolute atomic E-state index is 0.0111. The molecular formula is C24H25N3O6S. The number of nitrogens with two attached hydrogens (primary N) is 1. The lowest BCUT2D eigenvalue weighted by Gasteiger charge is -2.25. The molecule has 1 aliphatic heterocycles. The molecule has 0 radical (unpaired) electrons. The normalized spacial score (nSPS) is 15.7. The maximum absolute atomic E-state index is 11.7. The third-order valence-corrected chi connectivity index (χ3v) is 6.52. The Bertz CT molecular complexity index is 1310. The minimum Gasteiger partial charge on any atom is -0.508 e. The van der Waals surface area contributed by atoms with Crippen LogP contribution in [0.5, 0.6) is 23.0 Å². The number of sulfonamides is 1. The highest BCUT2D eigenvalue weighted by Crippen LogP contribution is 2.44. The van der Waals surface area contributed by atoms with Crippen molar-refractivity contribution in [2.24, 2.45) is 10.2 Å². The molecule has 3 N–H and O–H groups in total. The van der Waals surface area contributed by atoms with Gasteiger partial charge in [0.1, 0.15) is 5.75 Å². The molecule has 9 nitrogen and oxygen atoms in total. The van der Waals surface area contributed by atoms with Gasteiger partial charge in [-0.05, 0) is 54.1 Å².